The number of nitrogens with zero attached hydrogens (tertiary/aromatic N) is 1. The summed E-state index contributed by atoms with van der Waals surface area (Å²) < 4.78 is 52.9. The topological polar surface area (TPSA) is 83.5 Å². The molecular weight excluding hydrogens is 360 g/mol. The molecule has 1 atom stereocenters. The van der Waals surface area contributed by atoms with Crippen LogP contribution in [0.3, 0.4) is 0 Å². The summed E-state index contributed by atoms with van der Waals surface area (Å²) >= 11 is 0. The van der Waals surface area contributed by atoms with Gasteiger partial charge in [-0.3, -0.25) is 0 Å². The average molecular weight is 389 g/mol. The van der Waals surface area contributed by atoms with E-state index in [1.165, 1.54) is 0 Å². The van der Waals surface area contributed by atoms with E-state index in [9.17, 15) is 16.8 Å². The fourth-order valence-electron chi connectivity index (χ4n) is 3.08. The summed E-state index contributed by atoms with van der Waals surface area (Å²) in [6.07, 6.45) is 3.98. The second-order valence-electron chi connectivity index (χ2n) is 6.57. The molecule has 25 heavy (non-hydrogen) atoms. The van der Waals surface area contributed by atoms with Crippen LogP contribution in [0.1, 0.15) is 45.1 Å². The monoisotopic (exact) mass is 388 g/mol. The molecule has 1 aromatic rings. The van der Waals surface area contributed by atoms with Crippen LogP contribution in [-0.4, -0.2) is 46.0 Å². The van der Waals surface area contributed by atoms with Crippen molar-refractivity contribution in [3.63, 3.8) is 0 Å². The van der Waals surface area contributed by atoms with Gasteiger partial charge in [0, 0.05) is 19.1 Å². The average Bonchev–Trinajstić information content (AvgIpc) is 2.55. The molecule has 1 aliphatic rings. The minimum Gasteiger partial charge on any atom is -0.215 e. The first-order valence-corrected chi connectivity index (χ1v) is 11.9. The zero-order chi connectivity index (χ0) is 18.5. The van der Waals surface area contributed by atoms with Gasteiger partial charge < -0.3 is 0 Å². The molecule has 0 saturated carbocycles. The Morgan fingerprint density at radius 2 is 1.80 bits per heavy atom. The molecule has 6 nitrogen and oxygen atoms in total. The van der Waals surface area contributed by atoms with Crippen molar-refractivity contribution in [2.24, 2.45) is 0 Å². The van der Waals surface area contributed by atoms with Crippen LogP contribution >= 0.6 is 0 Å². The molecule has 1 unspecified atom stereocenters. The summed E-state index contributed by atoms with van der Waals surface area (Å²) in [5.41, 5.74) is 0.907. The third kappa shape index (κ3) is 5.51. The van der Waals surface area contributed by atoms with Gasteiger partial charge >= 0.3 is 0 Å². The van der Waals surface area contributed by atoms with Crippen molar-refractivity contribution in [3.05, 3.63) is 29.8 Å². The first-order chi connectivity index (χ1) is 11.8. The van der Waals surface area contributed by atoms with Crippen LogP contribution in [-0.2, 0) is 26.5 Å². The van der Waals surface area contributed by atoms with Gasteiger partial charge in [0.25, 0.3) is 0 Å². The molecule has 1 saturated heterocycles. The normalized spacial score (nSPS) is 19.8. The lowest BCUT2D eigenvalue weighted by atomic mass is 10.1. The van der Waals surface area contributed by atoms with Crippen LogP contribution < -0.4 is 4.72 Å². The van der Waals surface area contributed by atoms with Crippen LogP contribution in [0.25, 0.3) is 0 Å². The zero-order valence-electron chi connectivity index (χ0n) is 14.9. The predicted molar refractivity (Wildman–Crippen MR) is 99.4 cm³/mol. The largest absolute Gasteiger partial charge is 0.243 e. The summed E-state index contributed by atoms with van der Waals surface area (Å²) in [7, 11) is -6.66. The van der Waals surface area contributed by atoms with Crippen molar-refractivity contribution in [1.82, 2.24) is 9.03 Å². The molecule has 0 aromatic heterocycles. The SMILES string of the molecule is CCCS(=O)(=O)NCCc1ccc(S(=O)(=O)N2CCCCC2C)cc1. The molecule has 1 aliphatic heterocycles. The third-order valence-electron chi connectivity index (χ3n) is 4.48. The van der Waals surface area contributed by atoms with Gasteiger partial charge in [0.15, 0.2) is 0 Å². The second-order valence-corrected chi connectivity index (χ2v) is 10.4. The number of sulfonamides is 2. The van der Waals surface area contributed by atoms with Crippen LogP contribution in [0.15, 0.2) is 29.2 Å². The molecule has 1 aromatic carbocycles. The van der Waals surface area contributed by atoms with Crippen LogP contribution in [0.5, 0.6) is 0 Å². The van der Waals surface area contributed by atoms with Gasteiger partial charge in [-0.15, -0.1) is 0 Å². The van der Waals surface area contributed by atoms with Crippen molar-refractivity contribution in [2.45, 2.75) is 56.9 Å². The third-order valence-corrected chi connectivity index (χ3v) is 8.10. The summed E-state index contributed by atoms with van der Waals surface area (Å²) in [6.45, 7) is 4.66. The second kappa shape index (κ2) is 8.62. The summed E-state index contributed by atoms with van der Waals surface area (Å²) in [5, 5.41) is 0. The van der Waals surface area contributed by atoms with Gasteiger partial charge in [-0.2, -0.15) is 4.31 Å². The smallest absolute Gasteiger partial charge is 0.215 e. The highest BCUT2D eigenvalue weighted by atomic mass is 32.2. The van der Waals surface area contributed by atoms with Crippen molar-refractivity contribution in [1.29, 1.82) is 0 Å². The van der Waals surface area contributed by atoms with Gasteiger partial charge in [-0.25, -0.2) is 21.6 Å². The van der Waals surface area contributed by atoms with Gasteiger partial charge in [-0.05, 0) is 50.3 Å². The van der Waals surface area contributed by atoms with Crippen molar-refractivity contribution in [3.8, 4) is 0 Å². The summed E-state index contributed by atoms with van der Waals surface area (Å²) in [5.74, 6) is 0.123. The van der Waals surface area contributed by atoms with Crippen LogP contribution in [0.2, 0.25) is 0 Å². The molecular formula is C17H28N2O4S2. The van der Waals surface area contributed by atoms with E-state index in [-0.39, 0.29) is 11.8 Å². The molecule has 1 heterocycles. The molecule has 0 radical (unpaired) electrons. The molecule has 0 aliphatic carbocycles. The quantitative estimate of drug-likeness (QED) is 0.739. The van der Waals surface area contributed by atoms with E-state index in [1.54, 1.807) is 28.6 Å². The molecule has 8 heteroatoms. The van der Waals surface area contributed by atoms with Gasteiger partial charge in [0.1, 0.15) is 0 Å². The number of piperidine rings is 1. The molecule has 0 bridgehead atoms. The van der Waals surface area contributed by atoms with Gasteiger partial charge in [-0.1, -0.05) is 25.5 Å². The van der Waals surface area contributed by atoms with E-state index >= 15 is 0 Å². The Balaban J connectivity index is 1.99. The Labute approximate surface area is 151 Å². The first kappa shape index (κ1) is 20.4. The highest BCUT2D eigenvalue weighted by Gasteiger charge is 2.30. The fourth-order valence-corrected chi connectivity index (χ4v) is 5.88. The lowest BCUT2D eigenvalue weighted by Gasteiger charge is -2.32. The van der Waals surface area contributed by atoms with Gasteiger partial charge in [0.2, 0.25) is 20.0 Å². The van der Waals surface area contributed by atoms with Crippen LogP contribution in [0, 0.1) is 0 Å². The van der Waals surface area contributed by atoms with Gasteiger partial charge in [0.05, 0.1) is 10.6 Å². The van der Waals surface area contributed by atoms with E-state index < -0.39 is 20.0 Å². The van der Waals surface area contributed by atoms with Crippen molar-refractivity contribution >= 4 is 20.0 Å². The standard InChI is InChI=1S/C17H28N2O4S2/c1-3-14-24(20,21)18-12-11-16-7-9-17(10-8-16)25(22,23)19-13-5-4-6-15(19)2/h7-10,15,18H,3-6,11-14H2,1-2H3. The van der Waals surface area contributed by atoms with E-state index in [1.807, 2.05) is 13.8 Å². The number of benzene rings is 1. The van der Waals surface area contributed by atoms with E-state index in [4.69, 9.17) is 0 Å². The Morgan fingerprint density at radius 3 is 2.40 bits per heavy atom. The number of hydrogen-bond donors (Lipinski definition) is 1. The van der Waals surface area contributed by atoms with E-state index in [2.05, 4.69) is 4.72 Å². The van der Waals surface area contributed by atoms with Crippen molar-refractivity contribution < 1.29 is 16.8 Å². The van der Waals surface area contributed by atoms with Crippen molar-refractivity contribution in [2.75, 3.05) is 18.8 Å². The molecule has 0 spiro atoms. The molecule has 2 rings (SSSR count). The maximum atomic E-state index is 12.8. The molecule has 1 N–H and O–H groups in total. The number of nitrogens with one attached hydrogen (secondary N) is 1. The lowest BCUT2D eigenvalue weighted by molar-refractivity contribution is 0.268. The number of rotatable bonds is 8. The highest BCUT2D eigenvalue weighted by molar-refractivity contribution is 7.89. The molecule has 1 fully saturated rings. The van der Waals surface area contributed by atoms with E-state index in [0.717, 1.165) is 24.8 Å². The van der Waals surface area contributed by atoms with Crippen LogP contribution in [0.4, 0.5) is 0 Å². The minimum absolute atomic E-state index is 0.0337. The fraction of sp³-hybridized carbons (Fsp3) is 0.647. The first-order valence-electron chi connectivity index (χ1n) is 8.84. The number of hydrogen-bond acceptors (Lipinski definition) is 4. The predicted octanol–water partition coefficient (Wildman–Crippen LogP) is 2.12. The maximum Gasteiger partial charge on any atom is 0.243 e. The zero-order valence-corrected chi connectivity index (χ0v) is 16.6. The maximum absolute atomic E-state index is 12.8. The molecule has 0 amide bonds. The minimum atomic E-state index is -3.46. The molecule has 142 valence electrons. The Kier molecular flexibility index (Phi) is 7.01. The highest BCUT2D eigenvalue weighted by Crippen LogP contribution is 2.25. The lowest BCUT2D eigenvalue weighted by Crippen LogP contribution is -2.41. The van der Waals surface area contributed by atoms with E-state index in [0.29, 0.717) is 30.8 Å². The summed E-state index contributed by atoms with van der Waals surface area (Å²) in [4.78, 5) is 0.302. The Hall–Kier alpha value is -0.960. The Morgan fingerprint density at radius 1 is 1.12 bits per heavy atom. The summed E-state index contributed by atoms with van der Waals surface area (Å²) in [6, 6.07) is 6.79. The Bertz CT molecular complexity index is 758.